The van der Waals surface area contributed by atoms with E-state index in [0.717, 1.165) is 19.4 Å². The molecule has 0 aliphatic carbocycles. The Balaban J connectivity index is 1.75. The first-order chi connectivity index (χ1) is 8.09. The first-order valence-corrected chi connectivity index (χ1v) is 6.36. The summed E-state index contributed by atoms with van der Waals surface area (Å²) >= 11 is 0. The number of piperidine rings is 1. The summed E-state index contributed by atoms with van der Waals surface area (Å²) in [5.74, 6) is -0.505. The molecule has 3 aliphatic rings. The highest BCUT2D eigenvalue weighted by Gasteiger charge is 2.52. The van der Waals surface area contributed by atoms with Crippen LogP contribution in [-0.2, 0) is 18.9 Å². The average Bonchev–Trinajstić information content (AvgIpc) is 2.63. The van der Waals surface area contributed by atoms with E-state index in [1.54, 1.807) is 7.11 Å². The highest BCUT2D eigenvalue weighted by molar-refractivity contribution is 5.00. The second-order valence-corrected chi connectivity index (χ2v) is 5.50. The Kier molecular flexibility index (Phi) is 2.91. The van der Waals surface area contributed by atoms with Gasteiger partial charge in [-0.2, -0.15) is 0 Å². The number of hydrogen-bond acceptors (Lipinski definition) is 5. The third kappa shape index (κ3) is 2.11. The van der Waals surface area contributed by atoms with Gasteiger partial charge in [-0.05, 0) is 26.7 Å². The fourth-order valence-corrected chi connectivity index (χ4v) is 3.08. The van der Waals surface area contributed by atoms with Crippen molar-refractivity contribution in [2.24, 2.45) is 0 Å². The number of nitrogens with one attached hydrogen (secondary N) is 1. The molecule has 0 amide bonds. The van der Waals surface area contributed by atoms with Crippen molar-refractivity contribution in [3.8, 4) is 0 Å². The van der Waals surface area contributed by atoms with Gasteiger partial charge in [-0.1, -0.05) is 0 Å². The monoisotopic (exact) mass is 243 g/mol. The van der Waals surface area contributed by atoms with Crippen molar-refractivity contribution in [1.29, 1.82) is 0 Å². The van der Waals surface area contributed by atoms with Gasteiger partial charge in [0.05, 0.1) is 0 Å². The van der Waals surface area contributed by atoms with Crippen LogP contribution in [0.3, 0.4) is 0 Å². The van der Waals surface area contributed by atoms with E-state index in [4.69, 9.17) is 18.9 Å². The molecule has 98 valence electrons. The zero-order valence-electron chi connectivity index (χ0n) is 10.6. The van der Waals surface area contributed by atoms with E-state index in [1.165, 1.54) is 0 Å². The van der Waals surface area contributed by atoms with Gasteiger partial charge in [-0.3, -0.25) is 0 Å². The summed E-state index contributed by atoms with van der Waals surface area (Å²) in [5, 5.41) is 3.49. The predicted octanol–water partition coefficient (Wildman–Crippen LogP) is 0.630. The van der Waals surface area contributed by atoms with Crippen LogP contribution in [0, 0.1) is 0 Å². The molecule has 3 saturated heterocycles. The molecule has 0 aromatic heterocycles. The number of hydrogen-bond donors (Lipinski definition) is 1. The van der Waals surface area contributed by atoms with Crippen LogP contribution in [0.4, 0.5) is 0 Å². The molecule has 0 radical (unpaired) electrons. The van der Waals surface area contributed by atoms with Crippen molar-refractivity contribution >= 4 is 0 Å². The fourth-order valence-electron chi connectivity index (χ4n) is 3.08. The van der Waals surface area contributed by atoms with Crippen LogP contribution in [0.15, 0.2) is 0 Å². The smallest absolute Gasteiger partial charge is 0.163 e. The van der Waals surface area contributed by atoms with Crippen LogP contribution in [0.1, 0.15) is 26.7 Å². The fraction of sp³-hybridized carbons (Fsp3) is 1.00. The second kappa shape index (κ2) is 4.17. The molecular formula is C12H21NO4. The van der Waals surface area contributed by atoms with E-state index in [2.05, 4.69) is 5.32 Å². The van der Waals surface area contributed by atoms with Gasteiger partial charge in [0.1, 0.15) is 18.3 Å². The van der Waals surface area contributed by atoms with Crippen LogP contribution in [0.25, 0.3) is 0 Å². The van der Waals surface area contributed by atoms with Gasteiger partial charge in [-0.15, -0.1) is 0 Å². The number of fused-ring (bicyclic) bond motifs is 3. The molecule has 3 fully saturated rings. The zero-order chi connectivity index (χ0) is 12.0. The molecule has 5 atom stereocenters. The van der Waals surface area contributed by atoms with E-state index in [0.29, 0.717) is 6.04 Å². The molecule has 1 N–H and O–H groups in total. The minimum absolute atomic E-state index is 0.0224. The maximum Gasteiger partial charge on any atom is 0.163 e. The maximum atomic E-state index is 5.97. The highest BCUT2D eigenvalue weighted by atomic mass is 16.8. The lowest BCUT2D eigenvalue weighted by atomic mass is 9.91. The number of methoxy groups -OCH3 is 1. The molecule has 0 unspecified atom stereocenters. The van der Waals surface area contributed by atoms with Gasteiger partial charge >= 0.3 is 0 Å². The SMILES string of the molecule is CO[C@H]1CC[C@@H]2NC[C@@H]3OC(C)(C)O[C@H]3[C@@H]2O1. The van der Waals surface area contributed by atoms with Crippen molar-refractivity contribution < 1.29 is 18.9 Å². The van der Waals surface area contributed by atoms with E-state index in [9.17, 15) is 0 Å². The highest BCUT2D eigenvalue weighted by Crippen LogP contribution is 2.37. The largest absolute Gasteiger partial charge is 0.356 e. The minimum atomic E-state index is -0.505. The molecule has 0 spiro atoms. The number of rotatable bonds is 1. The van der Waals surface area contributed by atoms with Gasteiger partial charge in [0.2, 0.25) is 0 Å². The number of ether oxygens (including phenoxy) is 4. The van der Waals surface area contributed by atoms with Crippen molar-refractivity contribution in [2.45, 2.75) is 63.1 Å². The average molecular weight is 243 g/mol. The summed E-state index contributed by atoms with van der Waals surface area (Å²) < 4.78 is 23.1. The summed E-state index contributed by atoms with van der Waals surface area (Å²) in [5.41, 5.74) is 0. The standard InChI is InChI=1S/C12H21NO4/c1-12(2)16-8-6-13-7-4-5-9(14-3)15-10(7)11(8)17-12/h7-11,13H,4-6H2,1-3H3/t7-,8-,9+,10+,11+/m0/s1. The molecule has 0 bridgehead atoms. The predicted molar refractivity (Wildman–Crippen MR) is 60.5 cm³/mol. The van der Waals surface area contributed by atoms with E-state index in [1.807, 2.05) is 13.8 Å². The second-order valence-electron chi connectivity index (χ2n) is 5.50. The van der Waals surface area contributed by atoms with Gasteiger partial charge in [0, 0.05) is 19.7 Å². The molecule has 5 heteroatoms. The molecule has 0 saturated carbocycles. The third-order valence-corrected chi connectivity index (χ3v) is 3.81. The quantitative estimate of drug-likeness (QED) is 0.732. The molecular weight excluding hydrogens is 222 g/mol. The Hall–Kier alpha value is -0.200. The van der Waals surface area contributed by atoms with Crippen molar-refractivity contribution in [2.75, 3.05) is 13.7 Å². The first kappa shape index (κ1) is 11.9. The Morgan fingerprint density at radius 1 is 1.18 bits per heavy atom. The van der Waals surface area contributed by atoms with Crippen molar-refractivity contribution in [3.05, 3.63) is 0 Å². The van der Waals surface area contributed by atoms with Gasteiger partial charge < -0.3 is 24.3 Å². The lowest BCUT2D eigenvalue weighted by Gasteiger charge is -2.43. The van der Waals surface area contributed by atoms with Gasteiger partial charge in [0.15, 0.2) is 12.1 Å². The van der Waals surface area contributed by atoms with Crippen LogP contribution in [-0.4, -0.2) is 50.1 Å². The van der Waals surface area contributed by atoms with Crippen LogP contribution < -0.4 is 5.32 Å². The molecule has 3 rings (SSSR count). The molecule has 17 heavy (non-hydrogen) atoms. The van der Waals surface area contributed by atoms with Gasteiger partial charge in [-0.25, -0.2) is 0 Å². The van der Waals surface area contributed by atoms with E-state index >= 15 is 0 Å². The summed E-state index contributed by atoms with van der Waals surface area (Å²) in [6.45, 7) is 4.75. The maximum absolute atomic E-state index is 5.97. The molecule has 0 aromatic rings. The Labute approximate surface area is 102 Å². The first-order valence-electron chi connectivity index (χ1n) is 6.36. The van der Waals surface area contributed by atoms with Crippen LogP contribution in [0.5, 0.6) is 0 Å². The third-order valence-electron chi connectivity index (χ3n) is 3.81. The van der Waals surface area contributed by atoms with Crippen LogP contribution in [0.2, 0.25) is 0 Å². The normalized spacial score (nSPS) is 48.5. The molecule has 3 aliphatic heterocycles. The molecule has 0 aromatic carbocycles. The minimum Gasteiger partial charge on any atom is -0.356 e. The van der Waals surface area contributed by atoms with E-state index in [-0.39, 0.29) is 24.6 Å². The lowest BCUT2D eigenvalue weighted by Crippen LogP contribution is -2.62. The summed E-state index contributed by atoms with van der Waals surface area (Å²) in [6.07, 6.45) is 2.04. The van der Waals surface area contributed by atoms with E-state index < -0.39 is 5.79 Å². The topological polar surface area (TPSA) is 49.0 Å². The summed E-state index contributed by atoms with van der Waals surface area (Å²) in [6, 6.07) is 0.361. The zero-order valence-corrected chi connectivity index (χ0v) is 10.6. The summed E-state index contributed by atoms with van der Waals surface area (Å²) in [4.78, 5) is 0. The Morgan fingerprint density at radius 2 is 2.00 bits per heavy atom. The van der Waals surface area contributed by atoms with Gasteiger partial charge in [0.25, 0.3) is 0 Å². The summed E-state index contributed by atoms with van der Waals surface area (Å²) in [7, 11) is 1.69. The Bertz CT molecular complexity index is 296. The lowest BCUT2D eigenvalue weighted by molar-refractivity contribution is -0.229. The van der Waals surface area contributed by atoms with Crippen molar-refractivity contribution in [1.82, 2.24) is 5.32 Å². The molecule has 5 nitrogen and oxygen atoms in total. The van der Waals surface area contributed by atoms with Crippen LogP contribution >= 0.6 is 0 Å². The van der Waals surface area contributed by atoms with Crippen molar-refractivity contribution in [3.63, 3.8) is 0 Å². The Morgan fingerprint density at radius 3 is 2.76 bits per heavy atom. The molecule has 3 heterocycles.